The molecule has 1 amide bonds. The molecule has 1 aliphatic rings. The van der Waals surface area contributed by atoms with Crippen LogP contribution in [-0.2, 0) is 24.9 Å². The van der Waals surface area contributed by atoms with Crippen LogP contribution in [0.1, 0.15) is 42.5 Å². The molecule has 1 aliphatic heterocycles. The van der Waals surface area contributed by atoms with Crippen LogP contribution in [0.5, 0.6) is 0 Å². The van der Waals surface area contributed by atoms with E-state index in [0.29, 0.717) is 26.1 Å². The van der Waals surface area contributed by atoms with Gasteiger partial charge in [0.05, 0.1) is 18.6 Å². The Morgan fingerprint density at radius 2 is 2.18 bits per heavy atom. The molecule has 4 heterocycles. The molecule has 0 unspecified atom stereocenters. The fraction of sp³-hybridized carbons (Fsp3) is 0.526. The van der Waals surface area contributed by atoms with E-state index in [-0.39, 0.29) is 11.8 Å². The molecule has 0 bridgehead atoms. The summed E-state index contributed by atoms with van der Waals surface area (Å²) < 4.78 is 5.87. The molecule has 1 fully saturated rings. The van der Waals surface area contributed by atoms with Crippen LogP contribution in [-0.4, -0.2) is 58.0 Å². The van der Waals surface area contributed by atoms with Gasteiger partial charge in [0.1, 0.15) is 5.82 Å². The molecule has 9 nitrogen and oxygen atoms in total. The summed E-state index contributed by atoms with van der Waals surface area (Å²) >= 11 is 0. The van der Waals surface area contributed by atoms with Crippen molar-refractivity contribution in [2.24, 2.45) is 7.05 Å². The number of aryl methyl sites for hydroxylation is 2. The third kappa shape index (κ3) is 3.97. The number of carbonyl (C=O) groups is 1. The van der Waals surface area contributed by atoms with E-state index in [0.717, 1.165) is 36.7 Å². The quantitative estimate of drug-likeness (QED) is 0.642. The van der Waals surface area contributed by atoms with Gasteiger partial charge in [0.2, 0.25) is 5.91 Å². The summed E-state index contributed by atoms with van der Waals surface area (Å²) in [5.41, 5.74) is 0.972. The molecule has 0 saturated carbocycles. The SMILES string of the molecule is Cc1ccn(CCC(=O)N2CCC[C@@H](c3nnc(Cn4ccnc4)n3C)C2)n1. The topological polar surface area (TPSA) is 86.7 Å². The summed E-state index contributed by atoms with van der Waals surface area (Å²) in [5.74, 6) is 2.25. The Morgan fingerprint density at radius 3 is 2.93 bits per heavy atom. The van der Waals surface area contributed by atoms with Gasteiger partial charge in [0.15, 0.2) is 5.82 Å². The van der Waals surface area contributed by atoms with E-state index in [9.17, 15) is 4.79 Å². The molecule has 0 spiro atoms. The largest absolute Gasteiger partial charge is 0.342 e. The minimum absolute atomic E-state index is 0.179. The van der Waals surface area contributed by atoms with Gasteiger partial charge in [0.25, 0.3) is 0 Å². The van der Waals surface area contributed by atoms with E-state index in [1.165, 1.54) is 0 Å². The predicted molar refractivity (Wildman–Crippen MR) is 102 cm³/mol. The molecule has 0 radical (unpaired) electrons. The minimum atomic E-state index is 0.179. The van der Waals surface area contributed by atoms with E-state index >= 15 is 0 Å². The van der Waals surface area contributed by atoms with Crippen LogP contribution in [0.25, 0.3) is 0 Å². The van der Waals surface area contributed by atoms with E-state index in [1.807, 2.05) is 46.6 Å². The van der Waals surface area contributed by atoms with Gasteiger partial charge >= 0.3 is 0 Å². The lowest BCUT2D eigenvalue weighted by atomic mass is 9.97. The van der Waals surface area contributed by atoms with Crippen molar-refractivity contribution in [2.75, 3.05) is 13.1 Å². The number of rotatable bonds is 6. The van der Waals surface area contributed by atoms with Crippen LogP contribution < -0.4 is 0 Å². The smallest absolute Gasteiger partial charge is 0.224 e. The van der Waals surface area contributed by atoms with Crippen LogP contribution in [0.4, 0.5) is 0 Å². The fourth-order valence-electron chi connectivity index (χ4n) is 3.78. The Labute approximate surface area is 164 Å². The highest BCUT2D eigenvalue weighted by molar-refractivity contribution is 5.76. The first kappa shape index (κ1) is 18.4. The number of likely N-dealkylation sites (tertiary alicyclic amines) is 1. The Balaban J connectivity index is 1.38. The maximum Gasteiger partial charge on any atom is 0.224 e. The Morgan fingerprint density at radius 1 is 1.29 bits per heavy atom. The molecule has 0 aromatic carbocycles. The van der Waals surface area contributed by atoms with Crippen molar-refractivity contribution in [3.8, 4) is 0 Å². The van der Waals surface area contributed by atoms with Gasteiger partial charge in [-0.25, -0.2) is 4.98 Å². The number of hydrogen-bond acceptors (Lipinski definition) is 5. The second-order valence-corrected chi connectivity index (χ2v) is 7.42. The van der Waals surface area contributed by atoms with E-state index < -0.39 is 0 Å². The number of piperidine rings is 1. The van der Waals surface area contributed by atoms with Crippen molar-refractivity contribution < 1.29 is 4.79 Å². The van der Waals surface area contributed by atoms with Crippen molar-refractivity contribution in [3.05, 3.63) is 48.3 Å². The van der Waals surface area contributed by atoms with Crippen molar-refractivity contribution in [2.45, 2.75) is 45.2 Å². The van der Waals surface area contributed by atoms with Crippen LogP contribution in [0.15, 0.2) is 31.0 Å². The van der Waals surface area contributed by atoms with Crippen LogP contribution in [0.2, 0.25) is 0 Å². The molecule has 9 heteroatoms. The predicted octanol–water partition coefficient (Wildman–Crippen LogP) is 1.36. The molecular formula is C19H26N8O. The van der Waals surface area contributed by atoms with E-state index in [4.69, 9.17) is 0 Å². The molecular weight excluding hydrogens is 356 g/mol. The van der Waals surface area contributed by atoms with Crippen LogP contribution >= 0.6 is 0 Å². The second kappa shape index (κ2) is 7.95. The van der Waals surface area contributed by atoms with Gasteiger partial charge < -0.3 is 14.0 Å². The highest BCUT2D eigenvalue weighted by atomic mass is 16.2. The summed E-state index contributed by atoms with van der Waals surface area (Å²) in [6.45, 7) is 4.73. The number of imidazole rings is 1. The number of aromatic nitrogens is 7. The first-order valence-electron chi connectivity index (χ1n) is 9.72. The molecule has 1 atom stereocenters. The lowest BCUT2D eigenvalue weighted by Gasteiger charge is -2.32. The summed E-state index contributed by atoms with van der Waals surface area (Å²) in [4.78, 5) is 18.7. The Bertz CT molecular complexity index is 926. The minimum Gasteiger partial charge on any atom is -0.342 e. The Kier molecular flexibility index (Phi) is 5.23. The number of nitrogens with zero attached hydrogens (tertiary/aromatic N) is 8. The summed E-state index contributed by atoms with van der Waals surface area (Å²) in [7, 11) is 2.00. The molecule has 1 saturated heterocycles. The normalized spacial score (nSPS) is 17.2. The third-order valence-corrected chi connectivity index (χ3v) is 5.35. The molecule has 0 N–H and O–H groups in total. The third-order valence-electron chi connectivity index (χ3n) is 5.35. The van der Waals surface area contributed by atoms with Gasteiger partial charge in [-0.1, -0.05) is 0 Å². The van der Waals surface area contributed by atoms with Gasteiger partial charge in [-0.2, -0.15) is 5.10 Å². The van der Waals surface area contributed by atoms with Crippen molar-refractivity contribution >= 4 is 5.91 Å². The Hall–Kier alpha value is -2.97. The maximum atomic E-state index is 12.7. The fourth-order valence-corrected chi connectivity index (χ4v) is 3.78. The zero-order chi connectivity index (χ0) is 19.5. The van der Waals surface area contributed by atoms with E-state index in [2.05, 4.69) is 24.8 Å². The average Bonchev–Trinajstić information content (AvgIpc) is 3.44. The number of carbonyl (C=O) groups excluding carboxylic acids is 1. The number of amides is 1. The number of hydrogen-bond donors (Lipinski definition) is 0. The first-order valence-corrected chi connectivity index (χ1v) is 9.72. The summed E-state index contributed by atoms with van der Waals surface area (Å²) in [5, 5.41) is 13.2. The van der Waals surface area contributed by atoms with Gasteiger partial charge in [0, 0.05) is 57.6 Å². The highest BCUT2D eigenvalue weighted by Crippen LogP contribution is 2.26. The first-order chi connectivity index (χ1) is 13.6. The molecule has 3 aromatic rings. The molecule has 148 valence electrons. The molecule has 28 heavy (non-hydrogen) atoms. The van der Waals surface area contributed by atoms with Crippen molar-refractivity contribution in [1.29, 1.82) is 0 Å². The average molecular weight is 382 g/mol. The van der Waals surface area contributed by atoms with Crippen LogP contribution in [0.3, 0.4) is 0 Å². The van der Waals surface area contributed by atoms with Gasteiger partial charge in [-0.3, -0.25) is 9.48 Å². The van der Waals surface area contributed by atoms with Gasteiger partial charge in [-0.15, -0.1) is 10.2 Å². The molecule has 0 aliphatic carbocycles. The zero-order valence-corrected chi connectivity index (χ0v) is 16.4. The lowest BCUT2D eigenvalue weighted by Crippen LogP contribution is -2.40. The molecule has 4 rings (SSSR count). The zero-order valence-electron chi connectivity index (χ0n) is 16.4. The standard InChI is InChI=1S/C19H26N8O/c1-15-5-9-27(23-15)10-6-18(28)26-8-3-4-16(12-26)19-22-21-17(24(19)2)13-25-11-7-20-14-25/h5,7,9,11,14,16H,3-4,6,8,10,12-13H2,1-2H3/t16-/m1/s1. The monoisotopic (exact) mass is 382 g/mol. The van der Waals surface area contributed by atoms with Gasteiger partial charge in [-0.05, 0) is 25.8 Å². The van der Waals surface area contributed by atoms with Crippen molar-refractivity contribution in [1.82, 2.24) is 39.0 Å². The second-order valence-electron chi connectivity index (χ2n) is 7.42. The van der Waals surface area contributed by atoms with Crippen molar-refractivity contribution in [3.63, 3.8) is 0 Å². The highest BCUT2D eigenvalue weighted by Gasteiger charge is 2.28. The van der Waals surface area contributed by atoms with Crippen LogP contribution in [0, 0.1) is 6.92 Å². The summed E-state index contributed by atoms with van der Waals surface area (Å²) in [6.07, 6.45) is 9.85. The maximum absolute atomic E-state index is 12.7. The van der Waals surface area contributed by atoms with E-state index in [1.54, 1.807) is 12.5 Å². The molecule has 3 aromatic heterocycles. The lowest BCUT2D eigenvalue weighted by molar-refractivity contribution is -0.132. The summed E-state index contributed by atoms with van der Waals surface area (Å²) in [6, 6.07) is 1.96.